The number of rotatable bonds is 5. The molecule has 110 valence electrons. The number of hydrogen-bond donors (Lipinski definition) is 0. The Labute approximate surface area is 124 Å². The SMILES string of the molecule is C=CCN(c1ccccc1F)S(=O)(=O)c1ccc(C)cc1. The van der Waals surface area contributed by atoms with Crippen molar-refractivity contribution in [2.75, 3.05) is 10.8 Å². The molecule has 0 saturated carbocycles. The van der Waals surface area contributed by atoms with E-state index in [4.69, 9.17) is 0 Å². The van der Waals surface area contributed by atoms with E-state index in [1.54, 1.807) is 18.2 Å². The Morgan fingerprint density at radius 2 is 1.76 bits per heavy atom. The second kappa shape index (κ2) is 6.10. The fraction of sp³-hybridized carbons (Fsp3) is 0.125. The van der Waals surface area contributed by atoms with Gasteiger partial charge in [0.15, 0.2) is 0 Å². The third kappa shape index (κ3) is 3.13. The van der Waals surface area contributed by atoms with Crippen molar-refractivity contribution in [2.24, 2.45) is 0 Å². The van der Waals surface area contributed by atoms with Gasteiger partial charge in [0, 0.05) is 0 Å². The molecular formula is C16H16FNO2S. The maximum absolute atomic E-state index is 13.9. The van der Waals surface area contributed by atoms with Crippen LogP contribution in [0, 0.1) is 12.7 Å². The van der Waals surface area contributed by atoms with Gasteiger partial charge in [0.1, 0.15) is 5.82 Å². The van der Waals surface area contributed by atoms with Crippen molar-refractivity contribution in [3.63, 3.8) is 0 Å². The Morgan fingerprint density at radius 3 is 2.33 bits per heavy atom. The van der Waals surface area contributed by atoms with Gasteiger partial charge in [-0.25, -0.2) is 12.8 Å². The Balaban J connectivity index is 2.54. The molecule has 0 radical (unpaired) electrons. The minimum Gasteiger partial charge on any atom is -0.260 e. The van der Waals surface area contributed by atoms with E-state index in [0.29, 0.717) is 0 Å². The molecule has 0 amide bonds. The standard InChI is InChI=1S/C16H16FNO2S/c1-3-12-18(16-7-5-4-6-15(16)17)21(19,20)14-10-8-13(2)9-11-14/h3-11H,1,12H2,2H3. The number of halogens is 1. The molecule has 0 saturated heterocycles. The predicted octanol–water partition coefficient (Wildman–Crippen LogP) is 3.52. The summed E-state index contributed by atoms with van der Waals surface area (Å²) in [6.07, 6.45) is 1.43. The Hall–Kier alpha value is -2.14. The largest absolute Gasteiger partial charge is 0.264 e. The van der Waals surface area contributed by atoms with Crippen LogP contribution >= 0.6 is 0 Å². The highest BCUT2D eigenvalue weighted by Crippen LogP contribution is 2.26. The smallest absolute Gasteiger partial charge is 0.260 e. The number of nitrogens with zero attached hydrogens (tertiary/aromatic N) is 1. The molecule has 0 aliphatic heterocycles. The average molecular weight is 305 g/mol. The zero-order chi connectivity index (χ0) is 15.5. The minimum atomic E-state index is -3.83. The lowest BCUT2D eigenvalue weighted by molar-refractivity contribution is 0.587. The Kier molecular flexibility index (Phi) is 4.43. The molecule has 0 unspecified atom stereocenters. The second-order valence-corrected chi connectivity index (χ2v) is 6.45. The second-order valence-electron chi connectivity index (χ2n) is 4.59. The number of hydrogen-bond acceptors (Lipinski definition) is 2. The van der Waals surface area contributed by atoms with Crippen LogP contribution in [0.3, 0.4) is 0 Å². The topological polar surface area (TPSA) is 37.4 Å². The summed E-state index contributed by atoms with van der Waals surface area (Å²) in [7, 11) is -3.83. The van der Waals surface area contributed by atoms with Crippen molar-refractivity contribution < 1.29 is 12.8 Å². The number of anilines is 1. The first kappa shape index (κ1) is 15.3. The van der Waals surface area contributed by atoms with E-state index in [-0.39, 0.29) is 17.1 Å². The number of sulfonamides is 1. The van der Waals surface area contributed by atoms with Gasteiger partial charge in [0.2, 0.25) is 0 Å². The van der Waals surface area contributed by atoms with E-state index in [2.05, 4.69) is 6.58 Å². The van der Waals surface area contributed by atoms with Gasteiger partial charge >= 0.3 is 0 Å². The molecule has 0 aliphatic rings. The summed E-state index contributed by atoms with van der Waals surface area (Å²) in [6, 6.07) is 12.2. The molecule has 0 bridgehead atoms. The van der Waals surface area contributed by atoms with Crippen molar-refractivity contribution in [1.29, 1.82) is 0 Å². The van der Waals surface area contributed by atoms with Gasteiger partial charge in [-0.3, -0.25) is 4.31 Å². The van der Waals surface area contributed by atoms with E-state index in [0.717, 1.165) is 9.87 Å². The van der Waals surface area contributed by atoms with Crippen molar-refractivity contribution in [1.82, 2.24) is 0 Å². The van der Waals surface area contributed by atoms with Gasteiger partial charge in [-0.2, -0.15) is 0 Å². The molecule has 2 aromatic rings. The van der Waals surface area contributed by atoms with Gasteiger partial charge in [-0.1, -0.05) is 35.9 Å². The summed E-state index contributed by atoms with van der Waals surface area (Å²) in [5.74, 6) is -0.588. The maximum atomic E-state index is 13.9. The van der Waals surface area contributed by atoms with Crippen LogP contribution in [0.15, 0.2) is 66.1 Å². The zero-order valence-corrected chi connectivity index (χ0v) is 12.5. The lowest BCUT2D eigenvalue weighted by Crippen LogP contribution is -2.31. The molecule has 0 spiro atoms. The molecule has 21 heavy (non-hydrogen) atoms. The van der Waals surface area contributed by atoms with Crippen LogP contribution in [0.25, 0.3) is 0 Å². The lowest BCUT2D eigenvalue weighted by atomic mass is 10.2. The molecule has 0 aliphatic carbocycles. The first-order chi connectivity index (χ1) is 9.96. The van der Waals surface area contributed by atoms with E-state index < -0.39 is 15.8 Å². The molecule has 0 N–H and O–H groups in total. The lowest BCUT2D eigenvalue weighted by Gasteiger charge is -2.23. The summed E-state index contributed by atoms with van der Waals surface area (Å²) in [4.78, 5) is 0.123. The Bertz CT molecular complexity index is 739. The van der Waals surface area contributed by atoms with Crippen LogP contribution in [0.1, 0.15) is 5.56 Å². The van der Waals surface area contributed by atoms with Gasteiger partial charge in [-0.05, 0) is 31.2 Å². The van der Waals surface area contributed by atoms with Crippen LogP contribution in [0.5, 0.6) is 0 Å². The van der Waals surface area contributed by atoms with Gasteiger partial charge in [0.05, 0.1) is 17.1 Å². The minimum absolute atomic E-state index is 0.00283. The summed E-state index contributed by atoms with van der Waals surface area (Å²) in [6.45, 7) is 5.42. The highest BCUT2D eigenvalue weighted by atomic mass is 32.2. The summed E-state index contributed by atoms with van der Waals surface area (Å²) < 4.78 is 40.3. The quantitative estimate of drug-likeness (QED) is 0.793. The van der Waals surface area contributed by atoms with E-state index in [1.807, 2.05) is 6.92 Å². The van der Waals surface area contributed by atoms with Crippen molar-refractivity contribution in [3.8, 4) is 0 Å². The Morgan fingerprint density at radius 1 is 1.14 bits per heavy atom. The van der Waals surface area contributed by atoms with Gasteiger partial charge in [0.25, 0.3) is 10.0 Å². The number of para-hydroxylation sites is 1. The molecule has 0 aromatic heterocycles. The molecule has 2 aromatic carbocycles. The monoisotopic (exact) mass is 305 g/mol. The number of benzene rings is 2. The van der Waals surface area contributed by atoms with Crippen molar-refractivity contribution in [3.05, 3.63) is 72.6 Å². The fourth-order valence-electron chi connectivity index (χ4n) is 1.93. The van der Waals surface area contributed by atoms with E-state index >= 15 is 0 Å². The van der Waals surface area contributed by atoms with Crippen LogP contribution in [0.4, 0.5) is 10.1 Å². The maximum Gasteiger partial charge on any atom is 0.264 e. The zero-order valence-electron chi connectivity index (χ0n) is 11.7. The first-order valence-corrected chi connectivity index (χ1v) is 7.85. The number of aryl methyl sites for hydroxylation is 1. The normalized spacial score (nSPS) is 11.1. The van der Waals surface area contributed by atoms with Crippen LogP contribution in [-0.4, -0.2) is 15.0 Å². The molecular weight excluding hydrogens is 289 g/mol. The highest BCUT2D eigenvalue weighted by molar-refractivity contribution is 7.92. The van der Waals surface area contributed by atoms with Gasteiger partial charge in [-0.15, -0.1) is 6.58 Å². The molecule has 0 heterocycles. The third-order valence-electron chi connectivity index (χ3n) is 3.03. The van der Waals surface area contributed by atoms with Crippen LogP contribution in [-0.2, 0) is 10.0 Å². The highest BCUT2D eigenvalue weighted by Gasteiger charge is 2.25. The summed E-state index contributed by atoms with van der Waals surface area (Å²) >= 11 is 0. The predicted molar refractivity (Wildman–Crippen MR) is 82.3 cm³/mol. The van der Waals surface area contributed by atoms with E-state index in [1.165, 1.54) is 36.4 Å². The molecule has 0 atom stereocenters. The van der Waals surface area contributed by atoms with Crippen LogP contribution < -0.4 is 4.31 Å². The average Bonchev–Trinajstić information content (AvgIpc) is 2.46. The molecule has 5 heteroatoms. The molecule has 3 nitrogen and oxygen atoms in total. The van der Waals surface area contributed by atoms with E-state index in [9.17, 15) is 12.8 Å². The summed E-state index contributed by atoms with van der Waals surface area (Å²) in [5.41, 5.74) is 0.966. The van der Waals surface area contributed by atoms with Crippen molar-refractivity contribution in [2.45, 2.75) is 11.8 Å². The first-order valence-electron chi connectivity index (χ1n) is 6.41. The van der Waals surface area contributed by atoms with Gasteiger partial charge < -0.3 is 0 Å². The van der Waals surface area contributed by atoms with Crippen molar-refractivity contribution >= 4 is 15.7 Å². The fourth-order valence-corrected chi connectivity index (χ4v) is 3.38. The molecule has 0 fully saturated rings. The molecule has 2 rings (SSSR count). The summed E-state index contributed by atoms with van der Waals surface area (Å²) in [5, 5.41) is 0. The van der Waals surface area contributed by atoms with Crippen LogP contribution in [0.2, 0.25) is 0 Å². The third-order valence-corrected chi connectivity index (χ3v) is 4.82.